The smallest absolute Gasteiger partial charge is 0.246 e. The molecule has 2 N–H and O–H groups in total. The molecule has 2 aromatic rings. The largest absolute Gasteiger partial charge is 0.495 e. The summed E-state index contributed by atoms with van der Waals surface area (Å²) in [5, 5.41) is 6.14. The summed E-state index contributed by atoms with van der Waals surface area (Å²) in [4.78, 5) is 12.4. The molecular weight excluding hydrogens is 276 g/mol. The zero-order valence-electron chi connectivity index (χ0n) is 13.4. The van der Waals surface area contributed by atoms with Crippen LogP contribution in [0.2, 0.25) is 0 Å². The number of carbonyl (C=O) groups is 1. The number of methoxy groups -OCH3 is 1. The number of carbonyl (C=O) groups excluding carboxylic acids is 1. The van der Waals surface area contributed by atoms with Crippen molar-refractivity contribution in [1.29, 1.82) is 0 Å². The van der Waals surface area contributed by atoms with Crippen LogP contribution in [0, 0.1) is 13.8 Å². The average Bonchev–Trinajstić information content (AvgIpc) is 2.51. The van der Waals surface area contributed by atoms with Gasteiger partial charge in [0, 0.05) is 5.69 Å². The maximum atomic E-state index is 12.4. The van der Waals surface area contributed by atoms with Gasteiger partial charge in [-0.3, -0.25) is 4.79 Å². The zero-order valence-corrected chi connectivity index (χ0v) is 13.4. The Labute approximate surface area is 131 Å². The first-order valence-electron chi connectivity index (χ1n) is 7.29. The van der Waals surface area contributed by atoms with E-state index in [1.165, 1.54) is 0 Å². The third-order valence-corrected chi connectivity index (χ3v) is 3.52. The second-order valence-corrected chi connectivity index (χ2v) is 5.37. The lowest BCUT2D eigenvalue weighted by atomic mass is 10.1. The van der Waals surface area contributed by atoms with Gasteiger partial charge in [-0.15, -0.1) is 0 Å². The fraction of sp³-hybridized carbons (Fsp3) is 0.278. The standard InChI is InChI=1S/C18H22N2O2/c1-12-9-10-13(2)16(11-12)20-18(21)14(3)19-15-7-5-6-8-17(15)22-4/h5-11,14,19H,1-4H3,(H,20,21). The van der Waals surface area contributed by atoms with Crippen LogP contribution in [0.25, 0.3) is 0 Å². The van der Waals surface area contributed by atoms with Gasteiger partial charge >= 0.3 is 0 Å². The summed E-state index contributed by atoms with van der Waals surface area (Å²) in [6.07, 6.45) is 0. The van der Waals surface area contributed by atoms with Crippen molar-refractivity contribution >= 4 is 17.3 Å². The Hall–Kier alpha value is -2.49. The lowest BCUT2D eigenvalue weighted by Crippen LogP contribution is -2.32. The van der Waals surface area contributed by atoms with Crippen molar-refractivity contribution in [2.24, 2.45) is 0 Å². The molecule has 2 rings (SSSR count). The number of amides is 1. The maximum Gasteiger partial charge on any atom is 0.246 e. The first-order chi connectivity index (χ1) is 10.5. The van der Waals surface area contributed by atoms with Gasteiger partial charge < -0.3 is 15.4 Å². The molecule has 0 saturated heterocycles. The molecular formula is C18H22N2O2. The highest BCUT2D eigenvalue weighted by Gasteiger charge is 2.15. The Morgan fingerprint density at radius 3 is 2.55 bits per heavy atom. The van der Waals surface area contributed by atoms with Crippen LogP contribution in [0.15, 0.2) is 42.5 Å². The minimum atomic E-state index is -0.379. The van der Waals surface area contributed by atoms with Gasteiger partial charge in [-0.05, 0) is 50.1 Å². The van der Waals surface area contributed by atoms with E-state index in [1.54, 1.807) is 7.11 Å². The van der Waals surface area contributed by atoms with Crippen LogP contribution in [0.4, 0.5) is 11.4 Å². The molecule has 0 aromatic heterocycles. The summed E-state index contributed by atoms with van der Waals surface area (Å²) in [6.45, 7) is 5.81. The van der Waals surface area contributed by atoms with Crippen LogP contribution in [-0.2, 0) is 4.79 Å². The van der Waals surface area contributed by atoms with Gasteiger partial charge in [0.2, 0.25) is 5.91 Å². The molecule has 1 atom stereocenters. The fourth-order valence-corrected chi connectivity index (χ4v) is 2.17. The number of para-hydroxylation sites is 2. The SMILES string of the molecule is COc1ccccc1NC(C)C(=O)Nc1cc(C)ccc1C. The van der Waals surface area contributed by atoms with Crippen LogP contribution in [0.1, 0.15) is 18.1 Å². The Bertz CT molecular complexity index is 668. The van der Waals surface area contributed by atoms with Crippen LogP contribution < -0.4 is 15.4 Å². The molecule has 0 aliphatic carbocycles. The second kappa shape index (κ2) is 6.98. The molecule has 0 radical (unpaired) electrons. The van der Waals surface area contributed by atoms with Crippen LogP contribution in [-0.4, -0.2) is 19.1 Å². The van der Waals surface area contributed by atoms with Crippen molar-refractivity contribution in [3.63, 3.8) is 0 Å². The molecule has 0 saturated carbocycles. The maximum absolute atomic E-state index is 12.4. The highest BCUT2D eigenvalue weighted by Crippen LogP contribution is 2.24. The number of aryl methyl sites for hydroxylation is 2. The molecule has 0 spiro atoms. The predicted molar refractivity (Wildman–Crippen MR) is 90.6 cm³/mol. The monoisotopic (exact) mass is 298 g/mol. The van der Waals surface area contributed by atoms with Gasteiger partial charge in [0.25, 0.3) is 0 Å². The Balaban J connectivity index is 2.07. The van der Waals surface area contributed by atoms with E-state index in [0.717, 1.165) is 22.5 Å². The van der Waals surface area contributed by atoms with E-state index in [0.29, 0.717) is 5.75 Å². The Morgan fingerprint density at radius 1 is 1.09 bits per heavy atom. The summed E-state index contributed by atoms with van der Waals surface area (Å²) < 4.78 is 5.28. The topological polar surface area (TPSA) is 50.4 Å². The van der Waals surface area contributed by atoms with Crippen molar-refractivity contribution in [3.8, 4) is 5.75 Å². The fourth-order valence-electron chi connectivity index (χ4n) is 2.17. The number of rotatable bonds is 5. The van der Waals surface area contributed by atoms with Gasteiger partial charge in [0.05, 0.1) is 12.8 Å². The van der Waals surface area contributed by atoms with E-state index in [9.17, 15) is 4.79 Å². The molecule has 116 valence electrons. The van der Waals surface area contributed by atoms with Gasteiger partial charge in [-0.2, -0.15) is 0 Å². The first kappa shape index (κ1) is 15.9. The van der Waals surface area contributed by atoms with Crippen molar-refractivity contribution in [3.05, 3.63) is 53.6 Å². The number of hydrogen-bond donors (Lipinski definition) is 2. The second-order valence-electron chi connectivity index (χ2n) is 5.37. The molecule has 0 aliphatic rings. The Kier molecular flexibility index (Phi) is 5.04. The molecule has 0 heterocycles. The van der Waals surface area contributed by atoms with E-state index in [4.69, 9.17) is 4.74 Å². The summed E-state index contributed by atoms with van der Waals surface area (Å²) in [5.41, 5.74) is 3.81. The molecule has 2 aromatic carbocycles. The first-order valence-corrected chi connectivity index (χ1v) is 7.29. The van der Waals surface area contributed by atoms with E-state index in [1.807, 2.05) is 63.2 Å². The average molecular weight is 298 g/mol. The molecule has 22 heavy (non-hydrogen) atoms. The van der Waals surface area contributed by atoms with Gasteiger partial charge in [-0.1, -0.05) is 24.3 Å². The highest BCUT2D eigenvalue weighted by molar-refractivity contribution is 5.97. The van der Waals surface area contributed by atoms with Gasteiger partial charge in [0.15, 0.2) is 0 Å². The third-order valence-electron chi connectivity index (χ3n) is 3.52. The van der Waals surface area contributed by atoms with Crippen LogP contribution >= 0.6 is 0 Å². The van der Waals surface area contributed by atoms with E-state index >= 15 is 0 Å². The molecule has 1 unspecified atom stereocenters. The quantitative estimate of drug-likeness (QED) is 0.884. The molecule has 0 aliphatic heterocycles. The minimum absolute atomic E-state index is 0.0837. The lowest BCUT2D eigenvalue weighted by molar-refractivity contribution is -0.116. The number of anilines is 2. The number of nitrogens with one attached hydrogen (secondary N) is 2. The highest BCUT2D eigenvalue weighted by atomic mass is 16.5. The predicted octanol–water partition coefficient (Wildman–Crippen LogP) is 3.75. The van der Waals surface area contributed by atoms with Crippen LogP contribution in [0.5, 0.6) is 5.75 Å². The number of ether oxygens (including phenoxy) is 1. The summed E-state index contributed by atoms with van der Waals surface area (Å²) in [6, 6.07) is 13.2. The lowest BCUT2D eigenvalue weighted by Gasteiger charge is -2.18. The number of benzene rings is 2. The van der Waals surface area contributed by atoms with E-state index < -0.39 is 0 Å². The summed E-state index contributed by atoms with van der Waals surface area (Å²) in [7, 11) is 1.61. The van der Waals surface area contributed by atoms with Crippen molar-refractivity contribution in [1.82, 2.24) is 0 Å². The minimum Gasteiger partial charge on any atom is -0.495 e. The van der Waals surface area contributed by atoms with Gasteiger partial charge in [0.1, 0.15) is 11.8 Å². The van der Waals surface area contributed by atoms with Crippen molar-refractivity contribution < 1.29 is 9.53 Å². The normalized spacial score (nSPS) is 11.6. The molecule has 0 bridgehead atoms. The third kappa shape index (κ3) is 3.79. The van der Waals surface area contributed by atoms with Gasteiger partial charge in [-0.25, -0.2) is 0 Å². The molecule has 0 fully saturated rings. The number of hydrogen-bond acceptors (Lipinski definition) is 3. The van der Waals surface area contributed by atoms with Crippen molar-refractivity contribution in [2.75, 3.05) is 17.7 Å². The molecule has 1 amide bonds. The Morgan fingerprint density at radius 2 is 1.82 bits per heavy atom. The van der Waals surface area contributed by atoms with Crippen molar-refractivity contribution in [2.45, 2.75) is 26.8 Å². The zero-order chi connectivity index (χ0) is 16.1. The molecule has 4 heteroatoms. The molecule has 4 nitrogen and oxygen atoms in total. The summed E-state index contributed by atoms with van der Waals surface area (Å²) in [5.74, 6) is 0.633. The van der Waals surface area contributed by atoms with Crippen LogP contribution in [0.3, 0.4) is 0 Å². The van der Waals surface area contributed by atoms with E-state index in [-0.39, 0.29) is 11.9 Å². The summed E-state index contributed by atoms with van der Waals surface area (Å²) >= 11 is 0. The van der Waals surface area contributed by atoms with E-state index in [2.05, 4.69) is 10.6 Å².